The first-order chi connectivity index (χ1) is 14.0. The summed E-state index contributed by atoms with van der Waals surface area (Å²) in [6.45, 7) is 1.01. The van der Waals surface area contributed by atoms with Gasteiger partial charge in [0.15, 0.2) is 0 Å². The molecule has 1 aromatic carbocycles. The summed E-state index contributed by atoms with van der Waals surface area (Å²) < 4.78 is 29.9. The number of hydrogen-bond donors (Lipinski definition) is 2. The predicted molar refractivity (Wildman–Crippen MR) is 110 cm³/mol. The fourth-order valence-corrected chi connectivity index (χ4v) is 5.45. The lowest BCUT2D eigenvalue weighted by molar-refractivity contribution is -0.125. The van der Waals surface area contributed by atoms with E-state index in [2.05, 4.69) is 15.1 Å². The second kappa shape index (κ2) is 8.67. The Kier molecular flexibility index (Phi) is 6.01. The Labute approximate surface area is 171 Å². The van der Waals surface area contributed by atoms with Gasteiger partial charge in [-0.2, -0.15) is 5.10 Å². The molecule has 0 spiro atoms. The summed E-state index contributed by atoms with van der Waals surface area (Å²) in [5.74, 6) is 0.229. The van der Waals surface area contributed by atoms with Crippen LogP contribution in [0.3, 0.4) is 0 Å². The highest BCUT2D eigenvalue weighted by molar-refractivity contribution is 7.89. The first kappa shape index (κ1) is 20.1. The third-order valence-electron chi connectivity index (χ3n) is 5.96. The zero-order chi connectivity index (χ0) is 20.3. The standard InChI is InChI=1S/C21H28N4O3S/c26-21(17-5-1-2-6-17)24-20-10-8-16-7-9-18(15-19(16)20)29(27,28)23-12-4-14-25-13-3-11-22-25/h3,7,9,11,13,15,17,20,23H,1-2,4-6,8,10,12,14H2,(H,24,26)/t20-/m0/s1. The molecule has 4 rings (SSSR count). The van der Waals surface area contributed by atoms with Gasteiger partial charge in [0.2, 0.25) is 15.9 Å². The number of sulfonamides is 1. The van der Waals surface area contributed by atoms with Gasteiger partial charge in [-0.3, -0.25) is 9.48 Å². The van der Waals surface area contributed by atoms with Crippen LogP contribution in [0.25, 0.3) is 0 Å². The van der Waals surface area contributed by atoms with Crippen LogP contribution in [0.1, 0.15) is 55.7 Å². The zero-order valence-electron chi connectivity index (χ0n) is 16.5. The van der Waals surface area contributed by atoms with Crippen LogP contribution in [0, 0.1) is 5.92 Å². The predicted octanol–water partition coefficient (Wildman–Crippen LogP) is 2.55. The van der Waals surface area contributed by atoms with Crippen LogP contribution >= 0.6 is 0 Å². The topological polar surface area (TPSA) is 93.1 Å². The lowest BCUT2D eigenvalue weighted by Gasteiger charge is -2.18. The Morgan fingerprint density at radius 3 is 2.79 bits per heavy atom. The monoisotopic (exact) mass is 416 g/mol. The van der Waals surface area contributed by atoms with Gasteiger partial charge in [-0.15, -0.1) is 0 Å². The maximum Gasteiger partial charge on any atom is 0.240 e. The Balaban J connectivity index is 1.39. The van der Waals surface area contributed by atoms with Gasteiger partial charge < -0.3 is 5.32 Å². The van der Waals surface area contributed by atoms with E-state index in [9.17, 15) is 13.2 Å². The summed E-state index contributed by atoms with van der Waals surface area (Å²) in [4.78, 5) is 12.8. The lowest BCUT2D eigenvalue weighted by Crippen LogP contribution is -2.32. The van der Waals surface area contributed by atoms with Gasteiger partial charge in [-0.05, 0) is 61.4 Å². The van der Waals surface area contributed by atoms with E-state index in [-0.39, 0.29) is 22.8 Å². The van der Waals surface area contributed by atoms with E-state index in [1.54, 1.807) is 23.0 Å². The molecule has 2 aromatic rings. The molecule has 1 atom stereocenters. The van der Waals surface area contributed by atoms with E-state index in [1.165, 1.54) is 0 Å². The molecule has 1 saturated carbocycles. The number of rotatable bonds is 8. The van der Waals surface area contributed by atoms with Crippen molar-refractivity contribution in [3.63, 3.8) is 0 Å². The number of benzene rings is 1. The Bertz CT molecular complexity index is 950. The summed E-state index contributed by atoms with van der Waals surface area (Å²) in [6, 6.07) is 7.03. The van der Waals surface area contributed by atoms with Gasteiger partial charge in [-0.1, -0.05) is 18.9 Å². The molecule has 0 saturated heterocycles. The van der Waals surface area contributed by atoms with Crippen molar-refractivity contribution in [3.05, 3.63) is 47.8 Å². The Hall–Kier alpha value is -2.19. The minimum atomic E-state index is -3.58. The highest BCUT2D eigenvalue weighted by Crippen LogP contribution is 2.34. The second-order valence-electron chi connectivity index (χ2n) is 7.96. The molecule has 1 heterocycles. The average molecular weight is 417 g/mol. The largest absolute Gasteiger partial charge is 0.349 e. The fraction of sp³-hybridized carbons (Fsp3) is 0.524. The van der Waals surface area contributed by atoms with E-state index >= 15 is 0 Å². The summed E-state index contributed by atoms with van der Waals surface area (Å²) in [7, 11) is -3.58. The zero-order valence-corrected chi connectivity index (χ0v) is 17.3. The molecule has 8 heteroatoms. The van der Waals surface area contributed by atoms with Crippen molar-refractivity contribution in [2.24, 2.45) is 5.92 Å². The fourth-order valence-electron chi connectivity index (χ4n) is 4.34. The van der Waals surface area contributed by atoms with Gasteiger partial charge in [0.1, 0.15) is 0 Å². The number of nitrogens with one attached hydrogen (secondary N) is 2. The molecule has 2 N–H and O–H groups in total. The van der Waals surface area contributed by atoms with E-state index in [1.807, 2.05) is 18.3 Å². The van der Waals surface area contributed by atoms with Gasteiger partial charge in [0.25, 0.3) is 0 Å². The highest BCUT2D eigenvalue weighted by atomic mass is 32.2. The lowest BCUT2D eigenvalue weighted by atomic mass is 10.0. The molecule has 1 amide bonds. The van der Waals surface area contributed by atoms with Crippen LogP contribution < -0.4 is 10.0 Å². The van der Waals surface area contributed by atoms with Crippen LogP contribution in [0.15, 0.2) is 41.6 Å². The normalized spacial score (nSPS) is 19.4. The summed E-state index contributed by atoms with van der Waals surface area (Å²) in [5, 5.41) is 7.27. The van der Waals surface area contributed by atoms with Crippen molar-refractivity contribution in [2.45, 2.75) is 62.4 Å². The molecule has 2 aliphatic rings. The number of hydrogen-bond acceptors (Lipinski definition) is 4. The third kappa shape index (κ3) is 4.70. The van der Waals surface area contributed by atoms with Gasteiger partial charge in [0, 0.05) is 31.4 Å². The quantitative estimate of drug-likeness (QED) is 0.647. The van der Waals surface area contributed by atoms with Crippen LogP contribution in [0.5, 0.6) is 0 Å². The van der Waals surface area contributed by atoms with Gasteiger partial charge in [0.05, 0.1) is 10.9 Å². The number of aryl methyl sites for hydroxylation is 2. The maximum absolute atomic E-state index is 12.7. The third-order valence-corrected chi connectivity index (χ3v) is 7.42. The SMILES string of the molecule is O=C(N[C@H]1CCc2ccc(S(=O)(=O)NCCCn3cccn3)cc21)C1CCCC1. The number of nitrogens with zero attached hydrogens (tertiary/aromatic N) is 2. The van der Waals surface area contributed by atoms with Crippen molar-refractivity contribution in [2.75, 3.05) is 6.54 Å². The van der Waals surface area contributed by atoms with Crippen molar-refractivity contribution >= 4 is 15.9 Å². The molecule has 1 fully saturated rings. The first-order valence-electron chi connectivity index (χ1n) is 10.4. The van der Waals surface area contributed by atoms with Crippen molar-refractivity contribution < 1.29 is 13.2 Å². The maximum atomic E-state index is 12.7. The molecule has 156 valence electrons. The van der Waals surface area contributed by atoms with Crippen LogP contribution in [0.4, 0.5) is 0 Å². The van der Waals surface area contributed by atoms with E-state index in [0.29, 0.717) is 19.5 Å². The van der Waals surface area contributed by atoms with E-state index in [0.717, 1.165) is 49.7 Å². The molecule has 0 bridgehead atoms. The van der Waals surface area contributed by atoms with E-state index < -0.39 is 10.0 Å². The molecule has 0 unspecified atom stereocenters. The first-order valence-corrected chi connectivity index (χ1v) is 11.9. The summed E-state index contributed by atoms with van der Waals surface area (Å²) >= 11 is 0. The second-order valence-corrected chi connectivity index (χ2v) is 9.73. The molecule has 7 nitrogen and oxygen atoms in total. The van der Waals surface area contributed by atoms with Gasteiger partial charge in [-0.25, -0.2) is 13.1 Å². The number of amides is 1. The van der Waals surface area contributed by atoms with E-state index in [4.69, 9.17) is 0 Å². The van der Waals surface area contributed by atoms with Crippen LogP contribution in [-0.2, 0) is 27.8 Å². The minimum Gasteiger partial charge on any atom is -0.349 e. The summed E-state index contributed by atoms with van der Waals surface area (Å²) in [5.41, 5.74) is 2.06. The number of carbonyl (C=O) groups is 1. The van der Waals surface area contributed by atoms with Crippen LogP contribution in [-0.4, -0.2) is 30.7 Å². The van der Waals surface area contributed by atoms with Gasteiger partial charge >= 0.3 is 0 Å². The smallest absolute Gasteiger partial charge is 0.240 e. The van der Waals surface area contributed by atoms with Crippen LogP contribution in [0.2, 0.25) is 0 Å². The number of aromatic nitrogens is 2. The molecular weight excluding hydrogens is 388 g/mol. The molecule has 0 radical (unpaired) electrons. The molecule has 2 aliphatic carbocycles. The molecular formula is C21H28N4O3S. The average Bonchev–Trinajstić information content (AvgIpc) is 3.47. The van der Waals surface area contributed by atoms with Crippen molar-refractivity contribution in [1.29, 1.82) is 0 Å². The molecule has 1 aromatic heterocycles. The Morgan fingerprint density at radius 1 is 1.21 bits per heavy atom. The minimum absolute atomic E-state index is 0.0898. The number of fused-ring (bicyclic) bond motifs is 1. The molecule has 0 aliphatic heterocycles. The molecule has 29 heavy (non-hydrogen) atoms. The Morgan fingerprint density at radius 2 is 2.03 bits per heavy atom. The van der Waals surface area contributed by atoms with Crippen molar-refractivity contribution in [3.8, 4) is 0 Å². The highest BCUT2D eigenvalue weighted by Gasteiger charge is 2.29. The number of carbonyl (C=O) groups excluding carboxylic acids is 1. The van der Waals surface area contributed by atoms with Crippen molar-refractivity contribution in [1.82, 2.24) is 19.8 Å². The summed E-state index contributed by atoms with van der Waals surface area (Å²) in [6.07, 6.45) is 10.1.